The van der Waals surface area contributed by atoms with Crippen LogP contribution in [-0.4, -0.2) is 34.7 Å². The van der Waals surface area contributed by atoms with E-state index in [0.717, 1.165) is 11.3 Å². The van der Waals surface area contributed by atoms with E-state index in [9.17, 15) is 4.79 Å². The smallest absolute Gasteiger partial charge is 0.289 e. The lowest BCUT2D eigenvalue weighted by Gasteiger charge is -2.16. The number of rotatable bonds is 6. The second-order valence-electron chi connectivity index (χ2n) is 5.48. The summed E-state index contributed by atoms with van der Waals surface area (Å²) in [6.07, 6.45) is 3.62. The lowest BCUT2D eigenvalue weighted by molar-refractivity contribution is 0.0745. The first-order chi connectivity index (χ1) is 11.7. The molecule has 0 aliphatic carbocycles. The highest BCUT2D eigenvalue weighted by Gasteiger charge is 2.16. The van der Waals surface area contributed by atoms with E-state index < -0.39 is 0 Å². The van der Waals surface area contributed by atoms with Crippen LogP contribution in [0.5, 0.6) is 0 Å². The van der Waals surface area contributed by atoms with Gasteiger partial charge in [-0.3, -0.25) is 4.79 Å². The highest BCUT2D eigenvalue weighted by atomic mass is 16.5. The van der Waals surface area contributed by atoms with Gasteiger partial charge in [-0.25, -0.2) is 4.68 Å². The lowest BCUT2D eigenvalue weighted by Crippen LogP contribution is -2.25. The molecule has 0 radical (unpaired) electrons. The van der Waals surface area contributed by atoms with Crippen molar-refractivity contribution in [3.05, 3.63) is 71.9 Å². The fourth-order valence-electron chi connectivity index (χ4n) is 2.47. The molecule has 0 fully saturated rings. The predicted molar refractivity (Wildman–Crippen MR) is 88.8 cm³/mol. The number of nitrogens with zero attached hydrogens (tertiary/aromatic N) is 3. The van der Waals surface area contributed by atoms with Gasteiger partial charge in [-0.05, 0) is 35.9 Å². The van der Waals surface area contributed by atoms with Gasteiger partial charge in [0.05, 0.1) is 5.69 Å². The molecular formula is C18H19N3O3. The summed E-state index contributed by atoms with van der Waals surface area (Å²) in [5.74, 6) is 0.782. The zero-order valence-corrected chi connectivity index (χ0v) is 13.7. The molecule has 0 atom stereocenters. The fraction of sp³-hybridized carbons (Fsp3) is 0.222. The number of aromatic nitrogens is 2. The number of carbonyl (C=O) groups excluding carboxylic acids is 1. The molecule has 6 nitrogen and oxygen atoms in total. The Bertz CT molecular complexity index is 809. The van der Waals surface area contributed by atoms with E-state index in [-0.39, 0.29) is 5.91 Å². The Morgan fingerprint density at radius 2 is 2.17 bits per heavy atom. The molecule has 0 aliphatic rings. The molecule has 0 saturated heterocycles. The molecule has 2 aromatic heterocycles. The minimum absolute atomic E-state index is 0.165. The number of benzene rings is 1. The Kier molecular flexibility index (Phi) is 4.77. The second kappa shape index (κ2) is 7.14. The predicted octanol–water partition coefficient (Wildman–Crippen LogP) is 2.88. The average Bonchev–Trinajstić information content (AvgIpc) is 3.26. The van der Waals surface area contributed by atoms with Crippen molar-refractivity contribution in [2.75, 3.05) is 14.2 Å². The molecule has 3 rings (SSSR count). The maximum atomic E-state index is 12.5. The number of hydrogen-bond acceptors (Lipinski definition) is 4. The van der Waals surface area contributed by atoms with Crippen molar-refractivity contribution in [2.24, 2.45) is 0 Å². The Morgan fingerprint density at radius 1 is 1.29 bits per heavy atom. The number of hydrogen-bond donors (Lipinski definition) is 0. The highest BCUT2D eigenvalue weighted by molar-refractivity contribution is 5.91. The summed E-state index contributed by atoms with van der Waals surface area (Å²) >= 11 is 0. The zero-order valence-electron chi connectivity index (χ0n) is 13.7. The van der Waals surface area contributed by atoms with E-state index >= 15 is 0 Å². The van der Waals surface area contributed by atoms with Crippen molar-refractivity contribution in [3.8, 4) is 5.69 Å². The van der Waals surface area contributed by atoms with Crippen LogP contribution in [0.1, 0.15) is 21.9 Å². The lowest BCUT2D eigenvalue weighted by atomic mass is 10.2. The van der Waals surface area contributed by atoms with Crippen LogP contribution in [0.2, 0.25) is 0 Å². The topological polar surface area (TPSA) is 60.5 Å². The summed E-state index contributed by atoms with van der Waals surface area (Å²) in [5, 5.41) is 4.22. The molecule has 2 heterocycles. The third kappa shape index (κ3) is 3.55. The van der Waals surface area contributed by atoms with Crippen LogP contribution in [0.15, 0.2) is 59.3 Å². The molecule has 1 amide bonds. The van der Waals surface area contributed by atoms with Gasteiger partial charge in [-0.15, -0.1) is 0 Å². The molecule has 6 heteroatoms. The van der Waals surface area contributed by atoms with E-state index in [1.165, 1.54) is 0 Å². The molecule has 0 spiro atoms. The summed E-state index contributed by atoms with van der Waals surface area (Å²) in [6, 6.07) is 13.2. The molecular weight excluding hydrogens is 306 g/mol. The molecule has 0 bridgehead atoms. The van der Waals surface area contributed by atoms with Crippen molar-refractivity contribution < 1.29 is 13.9 Å². The van der Waals surface area contributed by atoms with Crippen molar-refractivity contribution in [1.29, 1.82) is 0 Å². The molecule has 3 aromatic rings. The van der Waals surface area contributed by atoms with Crippen molar-refractivity contribution in [3.63, 3.8) is 0 Å². The van der Waals surface area contributed by atoms with Gasteiger partial charge in [0.2, 0.25) is 0 Å². The van der Waals surface area contributed by atoms with Crippen LogP contribution in [-0.2, 0) is 17.9 Å². The van der Waals surface area contributed by atoms with Crippen LogP contribution in [0.3, 0.4) is 0 Å². The van der Waals surface area contributed by atoms with Crippen LogP contribution < -0.4 is 0 Å². The maximum Gasteiger partial charge on any atom is 0.289 e. The van der Waals surface area contributed by atoms with Crippen LogP contribution in [0, 0.1) is 0 Å². The molecule has 24 heavy (non-hydrogen) atoms. The first-order valence-corrected chi connectivity index (χ1v) is 7.59. The molecule has 1 aromatic carbocycles. The van der Waals surface area contributed by atoms with E-state index in [0.29, 0.717) is 24.7 Å². The maximum absolute atomic E-state index is 12.5. The van der Waals surface area contributed by atoms with Crippen molar-refractivity contribution >= 4 is 5.91 Å². The zero-order chi connectivity index (χ0) is 16.9. The molecule has 0 saturated carbocycles. The Balaban J connectivity index is 1.70. The van der Waals surface area contributed by atoms with Crippen LogP contribution in [0.4, 0.5) is 0 Å². The standard InChI is InChI=1S/C18H19N3O3/c1-20(18(22)17-8-7-16(24-17)13-23-2)12-14-5-3-6-15(11-14)21-10-4-9-19-21/h3-11H,12-13H2,1-2H3. The summed E-state index contributed by atoms with van der Waals surface area (Å²) in [4.78, 5) is 14.1. The fourth-order valence-corrected chi connectivity index (χ4v) is 2.47. The Labute approximate surface area is 140 Å². The van der Waals surface area contributed by atoms with Gasteiger partial charge in [0, 0.05) is 33.1 Å². The molecule has 124 valence electrons. The Hall–Kier alpha value is -2.86. The van der Waals surface area contributed by atoms with Gasteiger partial charge in [0.15, 0.2) is 5.76 Å². The van der Waals surface area contributed by atoms with E-state index in [1.54, 1.807) is 42.1 Å². The van der Waals surface area contributed by atoms with Gasteiger partial charge in [-0.2, -0.15) is 5.10 Å². The van der Waals surface area contributed by atoms with Gasteiger partial charge >= 0.3 is 0 Å². The number of ether oxygens (including phenoxy) is 1. The van der Waals surface area contributed by atoms with Crippen molar-refractivity contribution in [1.82, 2.24) is 14.7 Å². The Morgan fingerprint density at radius 3 is 2.92 bits per heavy atom. The average molecular weight is 325 g/mol. The van der Waals surface area contributed by atoms with Crippen LogP contribution >= 0.6 is 0 Å². The van der Waals surface area contributed by atoms with Gasteiger partial charge in [0.1, 0.15) is 12.4 Å². The summed E-state index contributed by atoms with van der Waals surface area (Å²) in [7, 11) is 3.34. The normalized spacial score (nSPS) is 10.8. The number of furan rings is 1. The first-order valence-electron chi connectivity index (χ1n) is 7.59. The van der Waals surface area contributed by atoms with Crippen LogP contribution in [0.25, 0.3) is 5.69 Å². The van der Waals surface area contributed by atoms with Crippen molar-refractivity contribution in [2.45, 2.75) is 13.2 Å². The van der Waals surface area contributed by atoms with Gasteiger partial charge < -0.3 is 14.1 Å². The number of methoxy groups -OCH3 is 1. The summed E-state index contributed by atoms with van der Waals surface area (Å²) < 4.78 is 12.3. The monoisotopic (exact) mass is 325 g/mol. The van der Waals surface area contributed by atoms with E-state index in [4.69, 9.17) is 9.15 Å². The summed E-state index contributed by atoms with van der Waals surface area (Å²) in [5.41, 5.74) is 1.97. The molecule has 0 aliphatic heterocycles. The van der Waals surface area contributed by atoms with Gasteiger partial charge in [0.25, 0.3) is 5.91 Å². The largest absolute Gasteiger partial charge is 0.453 e. The SMILES string of the molecule is COCc1ccc(C(=O)N(C)Cc2cccc(-n3cccn3)c2)o1. The third-order valence-electron chi connectivity index (χ3n) is 3.60. The summed E-state index contributed by atoms with van der Waals surface area (Å²) in [6.45, 7) is 0.831. The molecule has 0 unspecified atom stereocenters. The molecule has 0 N–H and O–H groups in total. The number of amides is 1. The minimum Gasteiger partial charge on any atom is -0.453 e. The van der Waals surface area contributed by atoms with E-state index in [2.05, 4.69) is 5.10 Å². The third-order valence-corrected chi connectivity index (χ3v) is 3.60. The quantitative estimate of drug-likeness (QED) is 0.699. The van der Waals surface area contributed by atoms with E-state index in [1.807, 2.05) is 36.5 Å². The van der Waals surface area contributed by atoms with Gasteiger partial charge in [-0.1, -0.05) is 12.1 Å². The minimum atomic E-state index is -0.165. The second-order valence-corrected chi connectivity index (χ2v) is 5.48. The first kappa shape index (κ1) is 16.0. The number of carbonyl (C=O) groups is 1. The highest BCUT2D eigenvalue weighted by Crippen LogP contribution is 2.15.